The van der Waals surface area contributed by atoms with E-state index in [0.29, 0.717) is 49.5 Å². The fourth-order valence-corrected chi connectivity index (χ4v) is 4.67. The summed E-state index contributed by atoms with van der Waals surface area (Å²) < 4.78 is 10.8. The van der Waals surface area contributed by atoms with Crippen LogP contribution >= 0.6 is 0 Å². The molecule has 0 bridgehead atoms. The Morgan fingerprint density at radius 1 is 0.971 bits per heavy atom. The molecule has 1 saturated carbocycles. The highest BCUT2D eigenvalue weighted by Gasteiger charge is 2.28. The molecular formula is C26H31N3O6. The predicted octanol–water partition coefficient (Wildman–Crippen LogP) is 4.87. The normalized spacial score (nSPS) is 19.3. The van der Waals surface area contributed by atoms with Crippen LogP contribution in [0.15, 0.2) is 42.5 Å². The van der Waals surface area contributed by atoms with Crippen LogP contribution in [-0.4, -0.2) is 47.9 Å². The Kier molecular flexibility index (Phi) is 7.74. The number of methoxy groups -OCH3 is 1. The molecular weight excluding hydrogens is 450 g/mol. The van der Waals surface area contributed by atoms with Gasteiger partial charge in [0.15, 0.2) is 0 Å². The SMILES string of the molecule is COc1ccc(NC(=O)Nc2ccc3c(c2)CCN(C(=O)O[C@H]2CC[C@H](CC(=O)O)CC2)C3)cc1. The molecule has 2 aliphatic rings. The Morgan fingerprint density at radius 3 is 2.34 bits per heavy atom. The highest BCUT2D eigenvalue weighted by atomic mass is 16.6. The smallest absolute Gasteiger partial charge is 0.410 e. The van der Waals surface area contributed by atoms with Crippen molar-refractivity contribution in [3.63, 3.8) is 0 Å². The standard InChI is InChI=1S/C26H31N3O6/c1-34-22-10-6-20(7-11-22)27-25(32)28-21-5-4-19-16-29(13-12-18(19)15-21)26(33)35-23-8-2-17(3-9-23)14-24(30)31/h4-7,10-11,15,17,23H,2-3,8-9,12-14,16H2,1H3,(H,30,31)(H2,27,28,32)/t17-,23-. The molecule has 9 heteroatoms. The molecule has 0 spiro atoms. The Bertz CT molecular complexity index is 1060. The van der Waals surface area contributed by atoms with Crippen LogP contribution in [0.1, 0.15) is 43.2 Å². The van der Waals surface area contributed by atoms with Crippen LogP contribution in [0.4, 0.5) is 21.0 Å². The summed E-state index contributed by atoms with van der Waals surface area (Å²) >= 11 is 0. The second kappa shape index (κ2) is 11.1. The zero-order valence-corrected chi connectivity index (χ0v) is 19.8. The topological polar surface area (TPSA) is 117 Å². The quantitative estimate of drug-likeness (QED) is 0.542. The zero-order chi connectivity index (χ0) is 24.8. The van der Waals surface area contributed by atoms with Crippen molar-refractivity contribution in [2.75, 3.05) is 24.3 Å². The molecule has 1 aliphatic heterocycles. The maximum atomic E-state index is 12.7. The average molecular weight is 482 g/mol. The van der Waals surface area contributed by atoms with Gasteiger partial charge in [0.05, 0.1) is 7.11 Å². The van der Waals surface area contributed by atoms with Crippen molar-refractivity contribution in [2.45, 2.75) is 51.2 Å². The van der Waals surface area contributed by atoms with Crippen molar-refractivity contribution < 1.29 is 29.0 Å². The van der Waals surface area contributed by atoms with Crippen LogP contribution in [0.2, 0.25) is 0 Å². The van der Waals surface area contributed by atoms with Crippen LogP contribution in [0.25, 0.3) is 0 Å². The number of benzene rings is 2. The molecule has 186 valence electrons. The number of hydrogen-bond donors (Lipinski definition) is 3. The molecule has 1 fully saturated rings. The molecule has 1 aliphatic carbocycles. The number of rotatable bonds is 6. The second-order valence-corrected chi connectivity index (χ2v) is 9.09. The Labute approximate surface area is 204 Å². The summed E-state index contributed by atoms with van der Waals surface area (Å²) in [6.45, 7) is 1.00. The van der Waals surface area contributed by atoms with Crippen LogP contribution in [-0.2, 0) is 22.5 Å². The van der Waals surface area contributed by atoms with E-state index in [2.05, 4.69) is 10.6 Å². The first kappa shape index (κ1) is 24.4. The van der Waals surface area contributed by atoms with Gasteiger partial charge in [0, 0.05) is 30.9 Å². The molecule has 0 radical (unpaired) electrons. The molecule has 9 nitrogen and oxygen atoms in total. The number of anilines is 2. The number of carboxylic acid groups (broad SMARTS) is 1. The molecule has 35 heavy (non-hydrogen) atoms. The minimum Gasteiger partial charge on any atom is -0.497 e. The van der Waals surface area contributed by atoms with Crippen LogP contribution < -0.4 is 15.4 Å². The monoisotopic (exact) mass is 481 g/mol. The van der Waals surface area contributed by atoms with E-state index in [1.54, 1.807) is 36.3 Å². The summed E-state index contributed by atoms with van der Waals surface area (Å²) in [6, 6.07) is 12.4. The number of nitrogens with zero attached hydrogens (tertiary/aromatic N) is 1. The minimum atomic E-state index is -0.770. The molecule has 2 aromatic rings. The van der Waals surface area contributed by atoms with Crippen molar-refractivity contribution in [2.24, 2.45) is 5.92 Å². The number of carbonyl (C=O) groups is 3. The van der Waals surface area contributed by atoms with Gasteiger partial charge in [-0.15, -0.1) is 0 Å². The maximum absolute atomic E-state index is 12.7. The summed E-state index contributed by atoms with van der Waals surface area (Å²) in [6.07, 6.45) is 3.35. The van der Waals surface area contributed by atoms with Gasteiger partial charge in [-0.25, -0.2) is 9.59 Å². The molecule has 0 unspecified atom stereocenters. The van der Waals surface area contributed by atoms with Gasteiger partial charge < -0.3 is 30.1 Å². The number of urea groups is 1. The lowest BCUT2D eigenvalue weighted by atomic mass is 9.85. The van der Waals surface area contributed by atoms with Gasteiger partial charge in [0.2, 0.25) is 0 Å². The molecule has 3 amide bonds. The van der Waals surface area contributed by atoms with Gasteiger partial charge in [-0.3, -0.25) is 4.79 Å². The third-order valence-corrected chi connectivity index (χ3v) is 6.61. The van der Waals surface area contributed by atoms with Gasteiger partial charge in [0.1, 0.15) is 11.9 Å². The highest BCUT2D eigenvalue weighted by molar-refractivity contribution is 5.99. The van der Waals surface area contributed by atoms with Gasteiger partial charge in [-0.05, 0) is 85.5 Å². The Balaban J connectivity index is 1.26. The summed E-state index contributed by atoms with van der Waals surface area (Å²) in [5.41, 5.74) is 3.46. The van der Waals surface area contributed by atoms with E-state index in [4.69, 9.17) is 14.6 Å². The lowest BCUT2D eigenvalue weighted by Crippen LogP contribution is -2.39. The van der Waals surface area contributed by atoms with Crippen molar-refractivity contribution in [1.82, 2.24) is 4.90 Å². The molecule has 4 rings (SSSR count). The lowest BCUT2D eigenvalue weighted by molar-refractivity contribution is -0.138. The molecule has 0 aromatic heterocycles. The van der Waals surface area contributed by atoms with Crippen molar-refractivity contribution in [1.29, 1.82) is 0 Å². The van der Waals surface area contributed by atoms with Gasteiger partial charge in [-0.2, -0.15) is 0 Å². The van der Waals surface area contributed by atoms with E-state index in [-0.39, 0.29) is 30.6 Å². The number of ether oxygens (including phenoxy) is 2. The maximum Gasteiger partial charge on any atom is 0.410 e. The third-order valence-electron chi connectivity index (χ3n) is 6.61. The van der Waals surface area contributed by atoms with E-state index in [1.807, 2.05) is 18.2 Å². The van der Waals surface area contributed by atoms with E-state index >= 15 is 0 Å². The van der Waals surface area contributed by atoms with Gasteiger partial charge >= 0.3 is 18.1 Å². The zero-order valence-electron chi connectivity index (χ0n) is 19.8. The van der Waals surface area contributed by atoms with Crippen molar-refractivity contribution >= 4 is 29.5 Å². The fraction of sp³-hybridized carbons (Fsp3) is 0.423. The largest absolute Gasteiger partial charge is 0.497 e. The summed E-state index contributed by atoms with van der Waals surface area (Å²) in [7, 11) is 1.59. The molecule has 0 saturated heterocycles. The van der Waals surface area contributed by atoms with Crippen LogP contribution in [0.3, 0.4) is 0 Å². The van der Waals surface area contributed by atoms with E-state index in [9.17, 15) is 14.4 Å². The van der Waals surface area contributed by atoms with Crippen molar-refractivity contribution in [3.8, 4) is 5.75 Å². The first-order valence-electron chi connectivity index (χ1n) is 11.9. The Hall–Kier alpha value is -3.75. The van der Waals surface area contributed by atoms with Crippen LogP contribution in [0.5, 0.6) is 5.75 Å². The lowest BCUT2D eigenvalue weighted by Gasteiger charge is -2.32. The average Bonchev–Trinajstić information content (AvgIpc) is 2.85. The first-order valence-corrected chi connectivity index (χ1v) is 11.9. The number of carbonyl (C=O) groups excluding carboxylic acids is 2. The highest BCUT2D eigenvalue weighted by Crippen LogP contribution is 2.30. The van der Waals surface area contributed by atoms with E-state index < -0.39 is 5.97 Å². The molecule has 1 heterocycles. The van der Waals surface area contributed by atoms with Crippen LogP contribution in [0, 0.1) is 5.92 Å². The number of fused-ring (bicyclic) bond motifs is 1. The molecule has 3 N–H and O–H groups in total. The molecule has 0 atom stereocenters. The number of carboxylic acids is 1. The molecule has 2 aromatic carbocycles. The number of aliphatic carboxylic acids is 1. The van der Waals surface area contributed by atoms with Gasteiger partial charge in [-0.1, -0.05) is 6.07 Å². The fourth-order valence-electron chi connectivity index (χ4n) is 4.67. The third kappa shape index (κ3) is 6.65. The number of nitrogens with one attached hydrogen (secondary N) is 2. The van der Waals surface area contributed by atoms with Gasteiger partial charge in [0.25, 0.3) is 0 Å². The van der Waals surface area contributed by atoms with E-state index in [0.717, 1.165) is 24.0 Å². The van der Waals surface area contributed by atoms with Crippen molar-refractivity contribution in [3.05, 3.63) is 53.6 Å². The second-order valence-electron chi connectivity index (χ2n) is 9.09. The predicted molar refractivity (Wildman–Crippen MR) is 131 cm³/mol. The number of hydrogen-bond acceptors (Lipinski definition) is 5. The summed E-state index contributed by atoms with van der Waals surface area (Å²) in [5, 5.41) is 14.6. The Morgan fingerprint density at radius 2 is 1.66 bits per heavy atom. The minimum absolute atomic E-state index is 0.148. The van der Waals surface area contributed by atoms with E-state index in [1.165, 1.54) is 0 Å². The number of amides is 3. The summed E-state index contributed by atoms with van der Waals surface area (Å²) in [5.74, 6) is 0.116. The summed E-state index contributed by atoms with van der Waals surface area (Å²) in [4.78, 5) is 37.6. The first-order chi connectivity index (χ1) is 16.9.